The Morgan fingerprint density at radius 1 is 1.18 bits per heavy atom. The van der Waals surface area contributed by atoms with Crippen LogP contribution in [-0.2, 0) is 16.0 Å². The number of rotatable bonds is 6. The van der Waals surface area contributed by atoms with E-state index in [1.165, 1.54) is 31.5 Å². The number of para-hydroxylation sites is 2. The Kier molecular flexibility index (Phi) is 5.59. The summed E-state index contributed by atoms with van der Waals surface area (Å²) in [5.74, 6) is -1.22. The van der Waals surface area contributed by atoms with Crippen LogP contribution in [0.3, 0.4) is 0 Å². The van der Waals surface area contributed by atoms with Crippen molar-refractivity contribution >= 4 is 28.5 Å². The number of nitrogens with zero attached hydrogens (tertiary/aromatic N) is 2. The van der Waals surface area contributed by atoms with Gasteiger partial charge in [-0.15, -0.1) is 0 Å². The van der Waals surface area contributed by atoms with Gasteiger partial charge in [-0.1, -0.05) is 36.4 Å². The van der Waals surface area contributed by atoms with E-state index < -0.39 is 22.8 Å². The zero-order valence-electron chi connectivity index (χ0n) is 15.0. The Morgan fingerprint density at radius 2 is 1.89 bits per heavy atom. The first kappa shape index (κ1) is 19.0. The monoisotopic (exact) mass is 379 g/mol. The molecule has 1 heterocycles. The summed E-state index contributed by atoms with van der Waals surface area (Å²) in [4.78, 5) is 39.7. The fraction of sp³-hybridized carbons (Fsp3) is 0.150. The molecule has 1 aromatic heterocycles. The highest BCUT2D eigenvalue weighted by Gasteiger charge is 2.26. The van der Waals surface area contributed by atoms with Crippen LogP contribution in [0.1, 0.15) is 15.9 Å². The number of aromatic nitrogens is 1. The van der Waals surface area contributed by atoms with Crippen molar-refractivity contribution in [1.29, 1.82) is 0 Å². The molecule has 0 spiro atoms. The summed E-state index contributed by atoms with van der Waals surface area (Å²) in [5, 5.41) is 14.6. The van der Waals surface area contributed by atoms with Gasteiger partial charge in [0.2, 0.25) is 0 Å². The second kappa shape index (κ2) is 8.26. The first-order valence-corrected chi connectivity index (χ1v) is 8.45. The number of fused-ring (bicyclic) bond motifs is 1. The van der Waals surface area contributed by atoms with Crippen molar-refractivity contribution in [2.24, 2.45) is 0 Å². The summed E-state index contributed by atoms with van der Waals surface area (Å²) in [5.41, 5.74) is 1.21. The van der Waals surface area contributed by atoms with Crippen LogP contribution in [0.4, 0.5) is 5.69 Å². The predicted octanol–water partition coefficient (Wildman–Crippen LogP) is 2.66. The molecule has 28 heavy (non-hydrogen) atoms. The van der Waals surface area contributed by atoms with Crippen LogP contribution in [0, 0.1) is 10.1 Å². The third-order valence-corrected chi connectivity index (χ3v) is 4.26. The average molecular weight is 379 g/mol. The van der Waals surface area contributed by atoms with Crippen LogP contribution in [0.2, 0.25) is 0 Å². The number of hydrogen-bond acceptors (Lipinski definition) is 6. The summed E-state index contributed by atoms with van der Waals surface area (Å²) in [6, 6.07) is 14.0. The standard InChI is InChI=1S/C20H17N3O5/c1-28-20(25)17(11-14-7-3-5-9-18(14)23(26)27)22-19(24)15-10-13-6-2-4-8-16(13)21-12-15/h2-10,12,17H,11H2,1H3,(H,22,24)/t17-/m1/s1. The molecule has 1 amide bonds. The smallest absolute Gasteiger partial charge is 0.328 e. The van der Waals surface area contributed by atoms with E-state index in [9.17, 15) is 19.7 Å². The molecule has 0 saturated heterocycles. The van der Waals surface area contributed by atoms with Gasteiger partial charge in [0.1, 0.15) is 6.04 Å². The largest absolute Gasteiger partial charge is 0.467 e. The van der Waals surface area contributed by atoms with Crippen LogP contribution in [-0.4, -0.2) is 34.9 Å². The number of carbonyl (C=O) groups is 2. The van der Waals surface area contributed by atoms with Gasteiger partial charge in [-0.2, -0.15) is 0 Å². The van der Waals surface area contributed by atoms with E-state index in [4.69, 9.17) is 4.74 Å². The van der Waals surface area contributed by atoms with E-state index in [0.29, 0.717) is 5.56 Å². The Bertz CT molecular complexity index is 1050. The van der Waals surface area contributed by atoms with E-state index in [0.717, 1.165) is 10.9 Å². The van der Waals surface area contributed by atoms with Crippen molar-refractivity contribution in [3.8, 4) is 0 Å². The SMILES string of the molecule is COC(=O)[C@@H](Cc1ccccc1[N+](=O)[O-])NC(=O)c1cnc2ccccc2c1. The lowest BCUT2D eigenvalue weighted by Crippen LogP contribution is -2.43. The molecule has 0 fully saturated rings. The van der Waals surface area contributed by atoms with Gasteiger partial charge in [0, 0.05) is 29.6 Å². The van der Waals surface area contributed by atoms with Gasteiger partial charge in [0.05, 0.1) is 23.1 Å². The lowest BCUT2D eigenvalue weighted by molar-refractivity contribution is -0.385. The molecule has 0 unspecified atom stereocenters. The van der Waals surface area contributed by atoms with Gasteiger partial charge < -0.3 is 10.1 Å². The van der Waals surface area contributed by atoms with Crippen LogP contribution < -0.4 is 5.32 Å². The van der Waals surface area contributed by atoms with Crippen LogP contribution in [0.25, 0.3) is 10.9 Å². The lowest BCUT2D eigenvalue weighted by atomic mass is 10.0. The molecule has 8 nitrogen and oxygen atoms in total. The van der Waals surface area contributed by atoms with Gasteiger partial charge in [-0.05, 0) is 12.1 Å². The molecule has 0 aliphatic rings. The number of benzene rings is 2. The molecule has 3 rings (SSSR count). The first-order valence-electron chi connectivity index (χ1n) is 8.45. The minimum Gasteiger partial charge on any atom is -0.467 e. The van der Waals surface area contributed by atoms with E-state index in [2.05, 4.69) is 10.3 Å². The highest BCUT2D eigenvalue weighted by molar-refractivity contribution is 5.99. The maximum absolute atomic E-state index is 12.6. The van der Waals surface area contributed by atoms with Crippen molar-refractivity contribution < 1.29 is 19.2 Å². The van der Waals surface area contributed by atoms with Gasteiger partial charge in [-0.25, -0.2) is 4.79 Å². The number of nitro groups is 1. The third-order valence-electron chi connectivity index (χ3n) is 4.26. The number of hydrogen-bond donors (Lipinski definition) is 1. The number of amides is 1. The molecular weight excluding hydrogens is 362 g/mol. The van der Waals surface area contributed by atoms with Gasteiger partial charge in [-0.3, -0.25) is 19.9 Å². The van der Waals surface area contributed by atoms with Crippen LogP contribution in [0.15, 0.2) is 60.8 Å². The topological polar surface area (TPSA) is 111 Å². The molecule has 0 radical (unpaired) electrons. The molecular formula is C20H17N3O5. The number of esters is 1. The summed E-state index contributed by atoms with van der Waals surface area (Å²) in [6.07, 6.45) is 1.34. The van der Waals surface area contributed by atoms with Gasteiger partial charge in [0.25, 0.3) is 11.6 Å². The second-order valence-electron chi connectivity index (χ2n) is 6.06. The van der Waals surface area contributed by atoms with Crippen molar-refractivity contribution in [3.05, 3.63) is 82.0 Å². The Hall–Kier alpha value is -3.81. The zero-order valence-corrected chi connectivity index (χ0v) is 15.0. The van der Waals surface area contributed by atoms with E-state index in [1.807, 2.05) is 24.3 Å². The van der Waals surface area contributed by atoms with Gasteiger partial charge in [0.15, 0.2) is 0 Å². The van der Waals surface area contributed by atoms with Crippen molar-refractivity contribution in [2.75, 3.05) is 7.11 Å². The van der Waals surface area contributed by atoms with Crippen molar-refractivity contribution in [1.82, 2.24) is 10.3 Å². The highest BCUT2D eigenvalue weighted by Crippen LogP contribution is 2.20. The molecule has 0 aliphatic carbocycles. The highest BCUT2D eigenvalue weighted by atomic mass is 16.6. The maximum Gasteiger partial charge on any atom is 0.328 e. The third kappa shape index (κ3) is 4.12. The Balaban J connectivity index is 1.85. The van der Waals surface area contributed by atoms with Crippen LogP contribution in [0.5, 0.6) is 0 Å². The summed E-state index contributed by atoms with van der Waals surface area (Å²) in [6.45, 7) is 0. The Labute approximate surface area is 160 Å². The minimum absolute atomic E-state index is 0.0728. The number of pyridine rings is 1. The summed E-state index contributed by atoms with van der Waals surface area (Å²) in [7, 11) is 1.19. The van der Waals surface area contributed by atoms with E-state index in [-0.39, 0.29) is 17.7 Å². The first-order chi connectivity index (χ1) is 13.5. The molecule has 142 valence electrons. The molecule has 0 bridgehead atoms. The molecule has 0 saturated carbocycles. The second-order valence-corrected chi connectivity index (χ2v) is 6.06. The average Bonchev–Trinajstić information content (AvgIpc) is 2.72. The van der Waals surface area contributed by atoms with Crippen molar-refractivity contribution in [3.63, 3.8) is 0 Å². The molecule has 1 atom stereocenters. The Morgan fingerprint density at radius 3 is 2.64 bits per heavy atom. The molecule has 2 aromatic carbocycles. The quantitative estimate of drug-likeness (QED) is 0.400. The molecule has 8 heteroatoms. The molecule has 0 aliphatic heterocycles. The van der Waals surface area contributed by atoms with E-state index in [1.54, 1.807) is 12.1 Å². The zero-order chi connectivity index (χ0) is 20.1. The normalized spacial score (nSPS) is 11.6. The number of methoxy groups -OCH3 is 1. The number of nitrogens with one attached hydrogen (secondary N) is 1. The van der Waals surface area contributed by atoms with Crippen LogP contribution >= 0.6 is 0 Å². The van der Waals surface area contributed by atoms with E-state index >= 15 is 0 Å². The number of nitro benzene ring substituents is 1. The molecule has 3 aromatic rings. The number of ether oxygens (including phenoxy) is 1. The lowest BCUT2D eigenvalue weighted by Gasteiger charge is -2.16. The minimum atomic E-state index is -1.08. The predicted molar refractivity (Wildman–Crippen MR) is 102 cm³/mol. The summed E-state index contributed by atoms with van der Waals surface area (Å²) < 4.78 is 4.75. The summed E-state index contributed by atoms with van der Waals surface area (Å²) >= 11 is 0. The fourth-order valence-electron chi connectivity index (χ4n) is 2.85. The fourth-order valence-corrected chi connectivity index (χ4v) is 2.85. The maximum atomic E-state index is 12.6. The van der Waals surface area contributed by atoms with Gasteiger partial charge >= 0.3 is 5.97 Å². The molecule has 1 N–H and O–H groups in total. The van der Waals surface area contributed by atoms with Crippen molar-refractivity contribution in [2.45, 2.75) is 12.5 Å². The number of carbonyl (C=O) groups excluding carboxylic acids is 2.